The molecule has 0 bridgehead atoms. The van der Waals surface area contributed by atoms with Crippen molar-refractivity contribution in [1.29, 1.82) is 0 Å². The molecule has 4 rings (SSSR count). The van der Waals surface area contributed by atoms with Gasteiger partial charge < -0.3 is 14.6 Å². The molecule has 0 radical (unpaired) electrons. The molecule has 1 aromatic carbocycles. The standard InChI is InChI=1S/C18H23N5O2/c1-13(16-20-21-17(25-16)14-5-3-2-4-6-14)22-10-7-15(8-11-22)23-12-9-19-18(23)24/h2-6,13,15H,7-12H2,1H3,(H,19,24)/t13-/m1/s1. The summed E-state index contributed by atoms with van der Waals surface area (Å²) in [6.07, 6.45) is 1.97. The lowest BCUT2D eigenvalue weighted by Crippen LogP contribution is -2.46. The minimum atomic E-state index is 0.0795. The summed E-state index contributed by atoms with van der Waals surface area (Å²) >= 11 is 0. The largest absolute Gasteiger partial charge is 0.419 e. The maximum absolute atomic E-state index is 11.8. The zero-order valence-electron chi connectivity index (χ0n) is 14.4. The van der Waals surface area contributed by atoms with Gasteiger partial charge in [0.15, 0.2) is 0 Å². The molecule has 1 N–H and O–H groups in total. The van der Waals surface area contributed by atoms with Gasteiger partial charge in [-0.15, -0.1) is 10.2 Å². The number of hydrogen-bond donors (Lipinski definition) is 1. The summed E-state index contributed by atoms with van der Waals surface area (Å²) in [6.45, 7) is 5.55. The Morgan fingerprint density at radius 3 is 2.60 bits per heavy atom. The topological polar surface area (TPSA) is 74.5 Å². The number of piperidine rings is 1. The van der Waals surface area contributed by atoms with E-state index in [0.717, 1.165) is 44.6 Å². The second-order valence-corrected chi connectivity index (χ2v) is 6.68. The number of urea groups is 1. The summed E-state index contributed by atoms with van der Waals surface area (Å²) in [6, 6.07) is 10.3. The van der Waals surface area contributed by atoms with Gasteiger partial charge in [0.25, 0.3) is 0 Å². The number of carbonyl (C=O) groups is 1. The van der Waals surface area contributed by atoms with E-state index in [0.29, 0.717) is 17.8 Å². The summed E-state index contributed by atoms with van der Waals surface area (Å²) in [7, 11) is 0. The molecule has 2 aliphatic heterocycles. The average molecular weight is 341 g/mol. The van der Waals surface area contributed by atoms with Gasteiger partial charge in [-0.3, -0.25) is 4.90 Å². The Morgan fingerprint density at radius 1 is 1.16 bits per heavy atom. The third-order valence-corrected chi connectivity index (χ3v) is 5.20. The molecule has 0 aliphatic carbocycles. The first-order valence-electron chi connectivity index (χ1n) is 8.90. The Kier molecular flexibility index (Phi) is 4.40. The molecule has 2 aromatic rings. The fraction of sp³-hybridized carbons (Fsp3) is 0.500. The van der Waals surface area contributed by atoms with Crippen LogP contribution in [0.2, 0.25) is 0 Å². The molecule has 1 aromatic heterocycles. The fourth-order valence-corrected chi connectivity index (χ4v) is 3.68. The number of nitrogens with one attached hydrogen (secondary N) is 1. The van der Waals surface area contributed by atoms with Gasteiger partial charge in [-0.2, -0.15) is 0 Å². The summed E-state index contributed by atoms with van der Waals surface area (Å²) in [5.74, 6) is 1.21. The molecule has 0 spiro atoms. The van der Waals surface area contributed by atoms with Crippen LogP contribution in [0.5, 0.6) is 0 Å². The van der Waals surface area contributed by atoms with Crippen molar-refractivity contribution in [3.8, 4) is 11.5 Å². The number of nitrogens with zero attached hydrogens (tertiary/aromatic N) is 4. The van der Waals surface area contributed by atoms with Gasteiger partial charge in [0.1, 0.15) is 0 Å². The second-order valence-electron chi connectivity index (χ2n) is 6.68. The number of aromatic nitrogens is 2. The predicted molar refractivity (Wildman–Crippen MR) is 92.8 cm³/mol. The van der Waals surface area contributed by atoms with Crippen LogP contribution in [0, 0.1) is 0 Å². The molecule has 7 nitrogen and oxygen atoms in total. The van der Waals surface area contributed by atoms with Crippen LogP contribution in [0.4, 0.5) is 4.79 Å². The predicted octanol–water partition coefficient (Wildman–Crippen LogP) is 2.29. The van der Waals surface area contributed by atoms with Gasteiger partial charge in [0.2, 0.25) is 11.8 Å². The molecule has 132 valence electrons. The van der Waals surface area contributed by atoms with Crippen LogP contribution >= 0.6 is 0 Å². The Bertz CT molecular complexity index is 724. The van der Waals surface area contributed by atoms with E-state index in [2.05, 4.69) is 27.3 Å². The van der Waals surface area contributed by atoms with Crippen LogP contribution in [-0.2, 0) is 0 Å². The second kappa shape index (κ2) is 6.84. The van der Waals surface area contributed by atoms with Gasteiger partial charge in [0.05, 0.1) is 6.04 Å². The highest BCUT2D eigenvalue weighted by atomic mass is 16.4. The average Bonchev–Trinajstić information content (AvgIpc) is 3.31. The quantitative estimate of drug-likeness (QED) is 0.923. The molecule has 2 saturated heterocycles. The van der Waals surface area contributed by atoms with Crippen molar-refractivity contribution in [2.24, 2.45) is 0 Å². The maximum Gasteiger partial charge on any atom is 0.317 e. The van der Waals surface area contributed by atoms with Crippen LogP contribution in [-0.4, -0.2) is 58.2 Å². The molecule has 0 unspecified atom stereocenters. The monoisotopic (exact) mass is 341 g/mol. The van der Waals surface area contributed by atoms with E-state index in [1.807, 2.05) is 35.2 Å². The van der Waals surface area contributed by atoms with E-state index in [1.165, 1.54) is 0 Å². The molecule has 1 atom stereocenters. The number of benzene rings is 1. The van der Waals surface area contributed by atoms with Crippen molar-refractivity contribution >= 4 is 6.03 Å². The van der Waals surface area contributed by atoms with E-state index in [1.54, 1.807) is 0 Å². The van der Waals surface area contributed by atoms with Crippen molar-refractivity contribution < 1.29 is 9.21 Å². The lowest BCUT2D eigenvalue weighted by atomic mass is 10.0. The third kappa shape index (κ3) is 3.24. The van der Waals surface area contributed by atoms with Crippen LogP contribution < -0.4 is 5.32 Å². The highest BCUT2D eigenvalue weighted by Crippen LogP contribution is 2.27. The summed E-state index contributed by atoms with van der Waals surface area (Å²) < 4.78 is 5.89. The minimum Gasteiger partial charge on any atom is -0.419 e. The normalized spacial score (nSPS) is 20.7. The summed E-state index contributed by atoms with van der Waals surface area (Å²) in [5, 5.41) is 11.3. The number of amides is 2. The molecular weight excluding hydrogens is 318 g/mol. The summed E-state index contributed by atoms with van der Waals surface area (Å²) in [4.78, 5) is 16.1. The lowest BCUT2D eigenvalue weighted by Gasteiger charge is -2.37. The Labute approximate surface area is 147 Å². The Hall–Kier alpha value is -2.41. The van der Waals surface area contributed by atoms with Crippen LogP contribution in [0.3, 0.4) is 0 Å². The molecule has 25 heavy (non-hydrogen) atoms. The molecular formula is C18H23N5O2. The molecule has 3 heterocycles. The van der Waals surface area contributed by atoms with Gasteiger partial charge in [-0.1, -0.05) is 18.2 Å². The first-order chi connectivity index (χ1) is 12.2. The van der Waals surface area contributed by atoms with E-state index in [-0.39, 0.29) is 12.1 Å². The molecule has 2 aliphatic rings. The maximum atomic E-state index is 11.8. The molecule has 7 heteroatoms. The van der Waals surface area contributed by atoms with E-state index >= 15 is 0 Å². The van der Waals surface area contributed by atoms with Crippen LogP contribution in [0.25, 0.3) is 11.5 Å². The number of rotatable bonds is 4. The fourth-order valence-electron chi connectivity index (χ4n) is 3.68. The van der Waals surface area contributed by atoms with Crippen molar-refractivity contribution in [3.63, 3.8) is 0 Å². The highest BCUT2D eigenvalue weighted by molar-refractivity contribution is 5.76. The highest BCUT2D eigenvalue weighted by Gasteiger charge is 2.33. The van der Waals surface area contributed by atoms with Crippen molar-refractivity contribution in [3.05, 3.63) is 36.2 Å². The van der Waals surface area contributed by atoms with E-state index < -0.39 is 0 Å². The van der Waals surface area contributed by atoms with Gasteiger partial charge in [-0.25, -0.2) is 4.79 Å². The zero-order valence-corrected chi connectivity index (χ0v) is 14.4. The number of hydrogen-bond acceptors (Lipinski definition) is 5. The first-order valence-corrected chi connectivity index (χ1v) is 8.90. The SMILES string of the molecule is C[C@H](c1nnc(-c2ccccc2)o1)N1CCC(N2CCNC2=O)CC1. The molecule has 0 saturated carbocycles. The van der Waals surface area contributed by atoms with Crippen molar-refractivity contribution in [2.45, 2.75) is 31.8 Å². The zero-order chi connectivity index (χ0) is 17.2. The van der Waals surface area contributed by atoms with Crippen molar-refractivity contribution in [2.75, 3.05) is 26.2 Å². The van der Waals surface area contributed by atoms with Crippen molar-refractivity contribution in [1.82, 2.24) is 25.3 Å². The van der Waals surface area contributed by atoms with Crippen LogP contribution in [0.15, 0.2) is 34.7 Å². The van der Waals surface area contributed by atoms with E-state index in [9.17, 15) is 4.79 Å². The number of carbonyl (C=O) groups excluding carboxylic acids is 1. The van der Waals surface area contributed by atoms with Gasteiger partial charge >= 0.3 is 6.03 Å². The van der Waals surface area contributed by atoms with Crippen LogP contribution in [0.1, 0.15) is 31.7 Å². The summed E-state index contributed by atoms with van der Waals surface area (Å²) in [5.41, 5.74) is 0.937. The van der Waals surface area contributed by atoms with E-state index in [4.69, 9.17) is 4.42 Å². The van der Waals surface area contributed by atoms with Gasteiger partial charge in [-0.05, 0) is 31.9 Å². The minimum absolute atomic E-state index is 0.0795. The van der Waals surface area contributed by atoms with Gasteiger partial charge in [0, 0.05) is 37.8 Å². The molecule has 2 amide bonds. The first kappa shape index (κ1) is 16.1. The molecule has 2 fully saturated rings. The Balaban J connectivity index is 1.38. The Morgan fingerprint density at radius 2 is 1.92 bits per heavy atom. The number of likely N-dealkylation sites (tertiary alicyclic amines) is 1. The smallest absolute Gasteiger partial charge is 0.317 e. The third-order valence-electron chi connectivity index (χ3n) is 5.20. The lowest BCUT2D eigenvalue weighted by molar-refractivity contribution is 0.101.